The number of rotatable bonds is 8. The SMILES string of the molecule is c1ccc(-c2ccc(-c3nc(-c4cc5ccccc5c5ccccc45)cc(-c4cc5ccc(-c6ccc(-c7c8ccccc8c(-c8ccc(-c9cccc%10ccccc9%10)cc8)c8ccccc78)cc6)cc5c5ccccc45)n3)cc2)nc1. The Balaban J connectivity index is 0.790. The highest BCUT2D eigenvalue weighted by Gasteiger charge is 2.20. The lowest BCUT2D eigenvalue weighted by Gasteiger charge is -2.18. The quantitative estimate of drug-likeness (QED) is 0.112. The van der Waals surface area contributed by atoms with Gasteiger partial charge in [0, 0.05) is 28.5 Å². The standard InChI is InChI=1S/C79H49N3/c1-3-19-60-51(16-1)18-15-29-61(60)52-33-39-55(40-34-52)78-69-27-11-9-25-67(69)77(68-26-10-12-28-70(68)78)54-37-31-50(32-38-54)57-43-44-59-48-73(66-24-8-6-22-64(66)71(59)46-57)76-49-75(72-47-58-17-2-4-20-62(58)63-21-5-7-23-65(63)72)81-79(82-76)56-41-35-53(36-42-56)74-30-13-14-45-80-74/h1-49H. The van der Waals surface area contributed by atoms with Crippen LogP contribution in [0.2, 0.25) is 0 Å². The van der Waals surface area contributed by atoms with Crippen molar-refractivity contribution in [1.29, 1.82) is 0 Å². The molecule has 82 heavy (non-hydrogen) atoms. The molecule has 0 atom stereocenters. The highest BCUT2D eigenvalue weighted by molar-refractivity contribution is 6.22. The van der Waals surface area contributed by atoms with Crippen LogP contribution in [-0.2, 0) is 0 Å². The molecule has 0 spiro atoms. The third kappa shape index (κ3) is 8.01. The molecule has 3 heteroatoms. The molecule has 2 aromatic heterocycles. The highest BCUT2D eigenvalue weighted by atomic mass is 14.9. The van der Waals surface area contributed by atoms with Gasteiger partial charge in [0.05, 0.1) is 17.1 Å². The van der Waals surface area contributed by atoms with Gasteiger partial charge in [-0.3, -0.25) is 4.98 Å². The zero-order valence-corrected chi connectivity index (χ0v) is 44.6. The van der Waals surface area contributed by atoms with E-state index >= 15 is 0 Å². The molecule has 0 fully saturated rings. The van der Waals surface area contributed by atoms with Crippen LogP contribution in [0.15, 0.2) is 297 Å². The Bertz CT molecular complexity index is 5120. The number of pyridine rings is 1. The van der Waals surface area contributed by atoms with Gasteiger partial charge >= 0.3 is 0 Å². The molecular weight excluding hydrogens is 991 g/mol. The molecule has 0 aliphatic carbocycles. The smallest absolute Gasteiger partial charge is 0.160 e. The number of fused-ring (bicyclic) bond motifs is 9. The number of nitrogens with zero attached hydrogens (tertiary/aromatic N) is 3. The van der Waals surface area contributed by atoms with Gasteiger partial charge in [0.2, 0.25) is 0 Å². The average Bonchev–Trinajstić information content (AvgIpc) is 3.44. The van der Waals surface area contributed by atoms with E-state index in [1.54, 1.807) is 0 Å². The van der Waals surface area contributed by atoms with Gasteiger partial charge in [-0.05, 0) is 156 Å². The fraction of sp³-hybridized carbons (Fsp3) is 0. The van der Waals surface area contributed by atoms with E-state index in [1.165, 1.54) is 92.6 Å². The zero-order chi connectivity index (χ0) is 54.1. The Morgan fingerprint density at radius 2 is 0.622 bits per heavy atom. The van der Waals surface area contributed by atoms with Gasteiger partial charge in [0.1, 0.15) is 0 Å². The zero-order valence-electron chi connectivity index (χ0n) is 44.6. The van der Waals surface area contributed by atoms with E-state index in [9.17, 15) is 0 Å². The van der Waals surface area contributed by atoms with Crippen molar-refractivity contribution < 1.29 is 0 Å². The van der Waals surface area contributed by atoms with Crippen molar-refractivity contribution in [2.45, 2.75) is 0 Å². The molecule has 0 aliphatic heterocycles. The third-order valence-electron chi connectivity index (χ3n) is 16.7. The maximum absolute atomic E-state index is 5.45. The summed E-state index contributed by atoms with van der Waals surface area (Å²) in [4.78, 5) is 15.5. The molecule has 0 unspecified atom stereocenters. The second kappa shape index (κ2) is 19.5. The van der Waals surface area contributed by atoms with Crippen LogP contribution in [0, 0.1) is 0 Å². The minimum Gasteiger partial charge on any atom is -0.256 e. The molecule has 0 radical (unpaired) electrons. The van der Waals surface area contributed by atoms with Crippen molar-refractivity contribution in [3.8, 4) is 89.7 Å². The number of benzene rings is 14. The Hall–Kier alpha value is -10.9. The van der Waals surface area contributed by atoms with Crippen LogP contribution >= 0.6 is 0 Å². The summed E-state index contributed by atoms with van der Waals surface area (Å²) in [6, 6.07) is 106. The summed E-state index contributed by atoms with van der Waals surface area (Å²) in [5, 5.41) is 16.9. The van der Waals surface area contributed by atoms with E-state index in [1.807, 2.05) is 24.4 Å². The van der Waals surface area contributed by atoms with E-state index in [0.29, 0.717) is 5.82 Å². The molecule has 3 nitrogen and oxygen atoms in total. The van der Waals surface area contributed by atoms with Gasteiger partial charge in [0.15, 0.2) is 5.82 Å². The second-order valence-corrected chi connectivity index (χ2v) is 21.4. The van der Waals surface area contributed by atoms with E-state index in [0.717, 1.165) is 66.6 Å². The minimum absolute atomic E-state index is 0.667. The monoisotopic (exact) mass is 1040 g/mol. The average molecular weight is 1040 g/mol. The first-order valence-electron chi connectivity index (χ1n) is 28.1. The lowest BCUT2D eigenvalue weighted by Crippen LogP contribution is -1.97. The number of aromatic nitrogens is 3. The van der Waals surface area contributed by atoms with Crippen LogP contribution in [0.25, 0.3) is 165 Å². The molecule has 0 N–H and O–H groups in total. The normalized spacial score (nSPS) is 11.7. The van der Waals surface area contributed by atoms with E-state index in [4.69, 9.17) is 9.97 Å². The van der Waals surface area contributed by atoms with Crippen molar-refractivity contribution >= 4 is 75.4 Å². The van der Waals surface area contributed by atoms with Crippen molar-refractivity contribution in [2.24, 2.45) is 0 Å². The molecule has 0 saturated carbocycles. The Morgan fingerprint density at radius 3 is 1.21 bits per heavy atom. The van der Waals surface area contributed by atoms with Crippen LogP contribution in [0.1, 0.15) is 0 Å². The largest absolute Gasteiger partial charge is 0.256 e. The first-order chi connectivity index (χ1) is 40.6. The lowest BCUT2D eigenvalue weighted by molar-refractivity contribution is 1.19. The fourth-order valence-electron chi connectivity index (χ4n) is 12.8. The Labute approximate surface area is 474 Å². The summed E-state index contributed by atoms with van der Waals surface area (Å²) < 4.78 is 0. The second-order valence-electron chi connectivity index (χ2n) is 21.4. The van der Waals surface area contributed by atoms with Crippen molar-refractivity contribution in [3.63, 3.8) is 0 Å². The Morgan fingerprint density at radius 1 is 0.195 bits per heavy atom. The number of hydrogen-bond donors (Lipinski definition) is 0. The van der Waals surface area contributed by atoms with Gasteiger partial charge in [-0.2, -0.15) is 0 Å². The Kier molecular flexibility index (Phi) is 11.2. The molecule has 0 bridgehead atoms. The van der Waals surface area contributed by atoms with Crippen LogP contribution in [0.4, 0.5) is 0 Å². The summed E-state index contributed by atoms with van der Waals surface area (Å²) in [6.45, 7) is 0. The number of hydrogen-bond acceptors (Lipinski definition) is 3. The van der Waals surface area contributed by atoms with Gasteiger partial charge in [0.25, 0.3) is 0 Å². The fourth-order valence-corrected chi connectivity index (χ4v) is 12.8. The van der Waals surface area contributed by atoms with E-state index in [-0.39, 0.29) is 0 Å². The highest BCUT2D eigenvalue weighted by Crippen LogP contribution is 2.46. The van der Waals surface area contributed by atoms with Gasteiger partial charge < -0.3 is 0 Å². The van der Waals surface area contributed by atoms with Crippen molar-refractivity contribution in [2.75, 3.05) is 0 Å². The lowest BCUT2D eigenvalue weighted by atomic mass is 9.85. The van der Waals surface area contributed by atoms with Crippen LogP contribution in [-0.4, -0.2) is 15.0 Å². The first kappa shape index (κ1) is 47.2. The third-order valence-corrected chi connectivity index (χ3v) is 16.7. The molecule has 16 rings (SSSR count). The van der Waals surface area contributed by atoms with Gasteiger partial charge in [-0.25, -0.2) is 9.97 Å². The maximum atomic E-state index is 5.45. The summed E-state index contributed by atoms with van der Waals surface area (Å²) in [5.41, 5.74) is 16.5. The summed E-state index contributed by atoms with van der Waals surface area (Å²) in [5.74, 6) is 0.667. The molecule has 0 aliphatic rings. The summed E-state index contributed by atoms with van der Waals surface area (Å²) in [7, 11) is 0. The van der Waals surface area contributed by atoms with Crippen LogP contribution in [0.5, 0.6) is 0 Å². The van der Waals surface area contributed by atoms with E-state index < -0.39 is 0 Å². The molecule has 0 saturated heterocycles. The molecule has 14 aromatic carbocycles. The summed E-state index contributed by atoms with van der Waals surface area (Å²) >= 11 is 0. The van der Waals surface area contributed by atoms with Crippen molar-refractivity contribution in [1.82, 2.24) is 15.0 Å². The summed E-state index contributed by atoms with van der Waals surface area (Å²) in [6.07, 6.45) is 1.83. The van der Waals surface area contributed by atoms with Crippen molar-refractivity contribution in [3.05, 3.63) is 297 Å². The molecule has 0 amide bonds. The first-order valence-corrected chi connectivity index (χ1v) is 28.1. The topological polar surface area (TPSA) is 38.7 Å². The van der Waals surface area contributed by atoms with E-state index in [2.05, 4.69) is 278 Å². The predicted molar refractivity (Wildman–Crippen MR) is 346 cm³/mol. The van der Waals surface area contributed by atoms with Crippen LogP contribution in [0.3, 0.4) is 0 Å². The molecular formula is C79H49N3. The van der Waals surface area contributed by atoms with Crippen LogP contribution < -0.4 is 0 Å². The van der Waals surface area contributed by atoms with Gasteiger partial charge in [-0.15, -0.1) is 0 Å². The molecule has 2 heterocycles. The molecule has 380 valence electrons. The molecule has 16 aromatic rings. The minimum atomic E-state index is 0.667. The maximum Gasteiger partial charge on any atom is 0.160 e. The predicted octanol–water partition coefficient (Wildman–Crippen LogP) is 21.3. The van der Waals surface area contributed by atoms with Gasteiger partial charge in [-0.1, -0.05) is 255 Å².